The number of amides is 3. The van der Waals surface area contributed by atoms with Gasteiger partial charge in [0.15, 0.2) is 0 Å². The number of likely N-dealkylation sites (tertiary alicyclic amines) is 1. The number of benzene rings is 3. The number of fused-ring (bicyclic) bond motifs is 1. The van der Waals surface area contributed by atoms with Crippen molar-refractivity contribution < 1.29 is 9.59 Å². The minimum atomic E-state index is -0.843. The van der Waals surface area contributed by atoms with Gasteiger partial charge in [0.2, 0.25) is 0 Å². The van der Waals surface area contributed by atoms with Gasteiger partial charge < -0.3 is 4.90 Å². The Labute approximate surface area is 229 Å². The molecule has 3 aromatic carbocycles. The number of aromatic nitrogens is 1. The van der Waals surface area contributed by atoms with Gasteiger partial charge in [0, 0.05) is 32.4 Å². The second kappa shape index (κ2) is 10.8. The van der Waals surface area contributed by atoms with Crippen LogP contribution in [0.3, 0.4) is 0 Å². The number of imide groups is 1. The summed E-state index contributed by atoms with van der Waals surface area (Å²) < 4.78 is 0. The lowest BCUT2D eigenvalue weighted by molar-refractivity contribution is -0.135. The fourth-order valence-electron chi connectivity index (χ4n) is 5.91. The van der Waals surface area contributed by atoms with Crippen molar-refractivity contribution in [1.82, 2.24) is 19.7 Å². The van der Waals surface area contributed by atoms with E-state index >= 15 is 0 Å². The molecule has 1 aromatic heterocycles. The fraction of sp³-hybridized carbons (Fsp3) is 0.242. The van der Waals surface area contributed by atoms with E-state index in [0.717, 1.165) is 30.9 Å². The third-order valence-electron chi connectivity index (χ3n) is 8.02. The summed E-state index contributed by atoms with van der Waals surface area (Å²) in [5.74, 6) is -0.0917. The van der Waals surface area contributed by atoms with E-state index in [9.17, 15) is 9.59 Å². The maximum absolute atomic E-state index is 14.0. The van der Waals surface area contributed by atoms with Gasteiger partial charge in [-0.15, -0.1) is 0 Å². The molecule has 6 rings (SSSR count). The monoisotopic (exact) mass is 516 g/mol. The Kier molecular flexibility index (Phi) is 6.95. The van der Waals surface area contributed by atoms with Crippen LogP contribution in [0.1, 0.15) is 29.7 Å². The minimum Gasteiger partial charge on any atom is -0.304 e. The van der Waals surface area contributed by atoms with Crippen molar-refractivity contribution in [3.05, 3.63) is 120 Å². The van der Waals surface area contributed by atoms with Gasteiger partial charge in [-0.2, -0.15) is 0 Å². The van der Waals surface area contributed by atoms with Crippen molar-refractivity contribution in [2.24, 2.45) is 0 Å². The van der Waals surface area contributed by atoms with E-state index in [-0.39, 0.29) is 18.5 Å². The molecule has 4 aromatic rings. The highest BCUT2D eigenvalue weighted by Crippen LogP contribution is 2.39. The van der Waals surface area contributed by atoms with E-state index in [4.69, 9.17) is 0 Å². The van der Waals surface area contributed by atoms with Crippen molar-refractivity contribution in [3.63, 3.8) is 0 Å². The van der Waals surface area contributed by atoms with Gasteiger partial charge >= 0.3 is 6.03 Å². The summed E-state index contributed by atoms with van der Waals surface area (Å²) >= 11 is 0. The predicted molar refractivity (Wildman–Crippen MR) is 154 cm³/mol. The van der Waals surface area contributed by atoms with Crippen LogP contribution < -0.4 is 0 Å². The van der Waals surface area contributed by atoms with E-state index in [1.807, 2.05) is 60.7 Å². The van der Waals surface area contributed by atoms with Gasteiger partial charge in [-0.3, -0.25) is 19.6 Å². The maximum Gasteiger partial charge on any atom is 0.328 e. The van der Waals surface area contributed by atoms with Crippen molar-refractivity contribution in [3.8, 4) is 0 Å². The van der Waals surface area contributed by atoms with Gasteiger partial charge in [-0.1, -0.05) is 91.0 Å². The Bertz CT molecular complexity index is 1490. The van der Waals surface area contributed by atoms with Crippen LogP contribution in [0.25, 0.3) is 16.8 Å². The highest BCUT2D eigenvalue weighted by molar-refractivity contribution is 6.07. The topological polar surface area (TPSA) is 56.8 Å². The average Bonchev–Trinajstić information content (AvgIpc) is 3.16. The molecule has 3 heterocycles. The first-order valence-corrected chi connectivity index (χ1v) is 13.6. The van der Waals surface area contributed by atoms with Crippen molar-refractivity contribution in [2.75, 3.05) is 19.6 Å². The van der Waals surface area contributed by atoms with Gasteiger partial charge in [0.1, 0.15) is 5.54 Å². The molecule has 2 aliphatic rings. The Morgan fingerprint density at radius 3 is 2.33 bits per heavy atom. The van der Waals surface area contributed by atoms with Crippen LogP contribution in [0.2, 0.25) is 0 Å². The van der Waals surface area contributed by atoms with Crippen molar-refractivity contribution >= 4 is 28.8 Å². The highest BCUT2D eigenvalue weighted by Gasteiger charge is 2.57. The second-order valence-electron chi connectivity index (χ2n) is 10.4. The predicted octanol–water partition coefficient (Wildman–Crippen LogP) is 5.75. The van der Waals surface area contributed by atoms with Crippen LogP contribution in [0, 0.1) is 0 Å². The maximum atomic E-state index is 14.0. The van der Waals surface area contributed by atoms with Crippen LogP contribution in [0.15, 0.2) is 103 Å². The summed E-state index contributed by atoms with van der Waals surface area (Å²) in [6.45, 7) is 2.90. The van der Waals surface area contributed by atoms with Gasteiger partial charge in [-0.25, -0.2) is 4.79 Å². The van der Waals surface area contributed by atoms with Crippen molar-refractivity contribution in [1.29, 1.82) is 0 Å². The largest absolute Gasteiger partial charge is 0.328 e. The van der Waals surface area contributed by atoms with E-state index in [2.05, 4.69) is 52.3 Å². The zero-order chi connectivity index (χ0) is 26.7. The fourth-order valence-corrected chi connectivity index (χ4v) is 5.91. The number of pyridine rings is 1. The molecule has 196 valence electrons. The molecule has 39 heavy (non-hydrogen) atoms. The standard InChI is InChI=1S/C33H32N4O2/c38-31-33(18-22-35(23-19-33)24-28-15-8-14-27-13-4-5-17-30(27)28)37(25-29-16-6-7-20-34-29)32(39)36(31)21-9-12-26-10-2-1-3-11-26/h1-17,20H,18-19,21-25H2/b12-9+. The van der Waals surface area contributed by atoms with Gasteiger partial charge in [-0.05, 0) is 46.9 Å². The van der Waals surface area contributed by atoms with Crippen LogP contribution in [0.4, 0.5) is 4.79 Å². The van der Waals surface area contributed by atoms with E-state index in [1.54, 1.807) is 11.1 Å². The quantitative estimate of drug-likeness (QED) is 0.294. The van der Waals surface area contributed by atoms with E-state index in [1.165, 1.54) is 21.2 Å². The smallest absolute Gasteiger partial charge is 0.304 e. The molecular weight excluding hydrogens is 484 g/mol. The Morgan fingerprint density at radius 2 is 1.54 bits per heavy atom. The van der Waals surface area contributed by atoms with Crippen LogP contribution in [-0.4, -0.2) is 56.8 Å². The summed E-state index contributed by atoms with van der Waals surface area (Å²) in [6.07, 6.45) is 6.81. The Morgan fingerprint density at radius 1 is 0.795 bits per heavy atom. The molecule has 0 radical (unpaired) electrons. The average molecular weight is 517 g/mol. The highest BCUT2D eigenvalue weighted by atomic mass is 16.2. The molecule has 0 aliphatic carbocycles. The van der Waals surface area contributed by atoms with E-state index < -0.39 is 5.54 Å². The number of hydrogen-bond donors (Lipinski definition) is 0. The lowest BCUT2D eigenvalue weighted by Crippen LogP contribution is -2.56. The molecule has 0 saturated carbocycles. The summed E-state index contributed by atoms with van der Waals surface area (Å²) in [6, 6.07) is 30.3. The summed E-state index contributed by atoms with van der Waals surface area (Å²) in [5, 5.41) is 2.50. The summed E-state index contributed by atoms with van der Waals surface area (Å²) in [4.78, 5) is 37.7. The molecule has 0 unspecified atom stereocenters. The number of carbonyl (C=O) groups is 2. The lowest BCUT2D eigenvalue weighted by Gasteiger charge is -2.42. The summed E-state index contributed by atoms with van der Waals surface area (Å²) in [5.41, 5.74) is 2.27. The zero-order valence-electron chi connectivity index (χ0n) is 21.9. The third kappa shape index (κ3) is 4.95. The molecule has 0 N–H and O–H groups in total. The number of urea groups is 1. The molecule has 2 saturated heterocycles. The lowest BCUT2D eigenvalue weighted by atomic mass is 9.85. The van der Waals surface area contributed by atoms with Crippen LogP contribution >= 0.6 is 0 Å². The number of nitrogens with zero attached hydrogens (tertiary/aromatic N) is 4. The zero-order valence-corrected chi connectivity index (χ0v) is 21.9. The molecule has 1 spiro atoms. The number of carbonyl (C=O) groups excluding carboxylic acids is 2. The first kappa shape index (κ1) is 25.0. The molecule has 6 heteroatoms. The molecule has 6 nitrogen and oxygen atoms in total. The molecular formula is C33H32N4O2. The number of hydrogen-bond acceptors (Lipinski definition) is 4. The molecule has 3 amide bonds. The van der Waals surface area contributed by atoms with Crippen LogP contribution in [0.5, 0.6) is 0 Å². The molecule has 2 fully saturated rings. The van der Waals surface area contributed by atoms with Gasteiger partial charge in [0.25, 0.3) is 5.91 Å². The first-order chi connectivity index (χ1) is 19.1. The Hall–Kier alpha value is -4.29. The van der Waals surface area contributed by atoms with E-state index in [0.29, 0.717) is 19.4 Å². The molecule has 0 bridgehead atoms. The third-order valence-corrected chi connectivity index (χ3v) is 8.02. The first-order valence-electron chi connectivity index (χ1n) is 13.6. The number of piperidine rings is 1. The van der Waals surface area contributed by atoms with Gasteiger partial charge in [0.05, 0.1) is 12.2 Å². The van der Waals surface area contributed by atoms with Crippen LogP contribution in [-0.2, 0) is 17.9 Å². The Balaban J connectivity index is 1.22. The second-order valence-corrected chi connectivity index (χ2v) is 10.4. The normalized spacial score (nSPS) is 17.6. The molecule has 0 atom stereocenters. The number of rotatable bonds is 7. The molecule has 2 aliphatic heterocycles. The SMILES string of the molecule is O=C1N(C/C=C/c2ccccc2)C(=O)C2(CCN(Cc3cccc4ccccc34)CC2)N1Cc1ccccn1. The summed E-state index contributed by atoms with van der Waals surface area (Å²) in [7, 11) is 0. The van der Waals surface area contributed by atoms with Crippen molar-refractivity contribution in [2.45, 2.75) is 31.5 Å². The minimum absolute atomic E-state index is 0.0917.